The zero-order valence-corrected chi connectivity index (χ0v) is 15.7. The fourth-order valence-corrected chi connectivity index (χ4v) is 3.62. The molecule has 0 amide bonds. The lowest BCUT2D eigenvalue weighted by molar-refractivity contribution is 0.140. The van der Waals surface area contributed by atoms with Crippen molar-refractivity contribution in [3.8, 4) is 0 Å². The van der Waals surface area contributed by atoms with E-state index in [0.717, 1.165) is 24.5 Å². The topological polar surface area (TPSA) is 70.5 Å². The number of hydrogen-bond acceptors (Lipinski definition) is 7. The largest absolute Gasteiger partial charge is 0.389 e. The fraction of sp³-hybridized carbons (Fsp3) is 0.474. The summed E-state index contributed by atoms with van der Waals surface area (Å²) in [5, 5.41) is 13.0. The Labute approximate surface area is 158 Å². The molecule has 2 aliphatic heterocycles. The number of nitrogens with zero attached hydrogens (tertiary/aromatic N) is 3. The van der Waals surface area contributed by atoms with E-state index in [1.54, 1.807) is 11.8 Å². The van der Waals surface area contributed by atoms with Crippen LogP contribution in [-0.4, -0.2) is 53.7 Å². The van der Waals surface area contributed by atoms with Gasteiger partial charge in [-0.15, -0.1) is 11.8 Å². The number of benzene rings is 1. The molecule has 0 bridgehead atoms. The molecule has 1 aromatic carbocycles. The van der Waals surface area contributed by atoms with E-state index in [2.05, 4.69) is 40.8 Å². The van der Waals surface area contributed by atoms with Crippen LogP contribution >= 0.6 is 11.8 Å². The van der Waals surface area contributed by atoms with Crippen LogP contribution in [0.25, 0.3) is 0 Å². The molecule has 2 saturated heterocycles. The minimum Gasteiger partial charge on any atom is -0.389 e. The molecule has 2 aliphatic rings. The summed E-state index contributed by atoms with van der Waals surface area (Å²) in [5.41, 5.74) is 2.24. The maximum absolute atomic E-state index is 9.59. The Hall–Kier alpha value is -1.83. The van der Waals surface area contributed by atoms with Crippen molar-refractivity contribution in [2.75, 3.05) is 42.8 Å². The van der Waals surface area contributed by atoms with Crippen LogP contribution in [0.4, 0.5) is 11.8 Å². The lowest BCUT2D eigenvalue weighted by Crippen LogP contribution is -2.51. The van der Waals surface area contributed by atoms with Crippen molar-refractivity contribution in [2.45, 2.75) is 29.9 Å². The first-order valence-electron chi connectivity index (χ1n) is 8.98. The summed E-state index contributed by atoms with van der Waals surface area (Å²) in [7, 11) is 0. The molecular weight excluding hydrogens is 348 g/mol. The Balaban J connectivity index is 1.51. The second-order valence-electron chi connectivity index (χ2n) is 6.80. The third-order valence-electron chi connectivity index (χ3n) is 4.86. The van der Waals surface area contributed by atoms with E-state index < -0.39 is 0 Å². The highest BCUT2D eigenvalue weighted by molar-refractivity contribution is 7.98. The molecule has 0 unspecified atom stereocenters. The maximum atomic E-state index is 9.59. The number of aliphatic hydroxyl groups is 1. The molecule has 7 heteroatoms. The minimum atomic E-state index is -0.275. The normalized spacial score (nSPS) is 20.2. The number of nitrogens with one attached hydrogen (secondary N) is 1. The standard InChI is InChI=1S/C19H24N4O2S/c1-26-16-4-2-13(3-5-16)9-20-18-8-17(14-6-7-25-12-14)21-19(22-18)23-10-15(24)11-23/h2-5,8,14-15,24H,6-7,9-12H2,1H3,(H,20,21,22)/t14-/m1/s1. The number of rotatable bonds is 6. The second kappa shape index (κ2) is 7.82. The first-order valence-corrected chi connectivity index (χ1v) is 10.2. The van der Waals surface area contributed by atoms with E-state index in [-0.39, 0.29) is 6.10 Å². The first kappa shape index (κ1) is 17.6. The van der Waals surface area contributed by atoms with Gasteiger partial charge in [-0.1, -0.05) is 12.1 Å². The van der Waals surface area contributed by atoms with Gasteiger partial charge in [-0.2, -0.15) is 4.98 Å². The summed E-state index contributed by atoms with van der Waals surface area (Å²) in [6, 6.07) is 10.6. The highest BCUT2D eigenvalue weighted by Crippen LogP contribution is 2.28. The van der Waals surface area contributed by atoms with Gasteiger partial charge in [0, 0.05) is 43.1 Å². The van der Waals surface area contributed by atoms with Crippen LogP contribution in [0, 0.1) is 0 Å². The van der Waals surface area contributed by atoms with Gasteiger partial charge in [-0.3, -0.25) is 0 Å². The lowest BCUT2D eigenvalue weighted by atomic mass is 10.0. The van der Waals surface area contributed by atoms with Gasteiger partial charge in [0.2, 0.25) is 5.95 Å². The first-order chi connectivity index (χ1) is 12.7. The number of aromatic nitrogens is 2. The van der Waals surface area contributed by atoms with Gasteiger partial charge in [-0.05, 0) is 30.4 Å². The summed E-state index contributed by atoms with van der Waals surface area (Å²) < 4.78 is 5.52. The molecule has 2 fully saturated rings. The molecule has 0 aliphatic carbocycles. The molecule has 0 saturated carbocycles. The SMILES string of the molecule is CSc1ccc(CNc2cc([C@@H]3CCOC3)nc(N3CC(O)C3)n2)cc1. The highest BCUT2D eigenvalue weighted by atomic mass is 32.2. The maximum Gasteiger partial charge on any atom is 0.227 e. The van der Waals surface area contributed by atoms with Crippen LogP contribution in [0.5, 0.6) is 0 Å². The van der Waals surface area contributed by atoms with Gasteiger partial charge in [0.15, 0.2) is 0 Å². The predicted octanol–water partition coefficient (Wildman–Crippen LogP) is 2.50. The summed E-state index contributed by atoms with van der Waals surface area (Å²) in [6.45, 7) is 3.42. The van der Waals surface area contributed by atoms with Crippen molar-refractivity contribution >= 4 is 23.5 Å². The van der Waals surface area contributed by atoms with Gasteiger partial charge in [0.05, 0.1) is 18.4 Å². The Kier molecular flexibility index (Phi) is 5.28. The van der Waals surface area contributed by atoms with Crippen molar-refractivity contribution in [3.05, 3.63) is 41.6 Å². The third kappa shape index (κ3) is 3.95. The van der Waals surface area contributed by atoms with Gasteiger partial charge in [0.1, 0.15) is 5.82 Å². The molecule has 1 aromatic heterocycles. The quantitative estimate of drug-likeness (QED) is 0.755. The lowest BCUT2D eigenvalue weighted by Gasteiger charge is -2.36. The minimum absolute atomic E-state index is 0.275. The number of hydrogen-bond donors (Lipinski definition) is 2. The van der Waals surface area contributed by atoms with Crippen LogP contribution in [0.3, 0.4) is 0 Å². The van der Waals surface area contributed by atoms with Gasteiger partial charge < -0.3 is 20.1 Å². The molecule has 26 heavy (non-hydrogen) atoms. The van der Waals surface area contributed by atoms with Crippen molar-refractivity contribution in [1.29, 1.82) is 0 Å². The molecule has 2 N–H and O–H groups in total. The summed E-state index contributed by atoms with van der Waals surface area (Å²) in [4.78, 5) is 12.7. The molecule has 1 atom stereocenters. The summed E-state index contributed by atoms with van der Waals surface area (Å²) >= 11 is 1.74. The van der Waals surface area contributed by atoms with E-state index >= 15 is 0 Å². The van der Waals surface area contributed by atoms with Crippen molar-refractivity contribution in [2.24, 2.45) is 0 Å². The van der Waals surface area contributed by atoms with Crippen molar-refractivity contribution in [3.63, 3.8) is 0 Å². The summed E-state index contributed by atoms with van der Waals surface area (Å²) in [6.07, 6.45) is 2.80. The zero-order chi connectivity index (χ0) is 17.9. The van der Waals surface area contributed by atoms with Crippen LogP contribution in [0.2, 0.25) is 0 Å². The Bertz CT molecular complexity index is 744. The molecule has 4 rings (SSSR count). The Morgan fingerprint density at radius 1 is 1.27 bits per heavy atom. The van der Waals surface area contributed by atoms with Crippen molar-refractivity contribution in [1.82, 2.24) is 9.97 Å². The molecule has 138 valence electrons. The second-order valence-corrected chi connectivity index (χ2v) is 7.68. The van der Waals surface area contributed by atoms with E-state index in [1.807, 2.05) is 11.0 Å². The van der Waals surface area contributed by atoms with Crippen LogP contribution in [0.1, 0.15) is 23.6 Å². The monoisotopic (exact) mass is 372 g/mol. The van der Waals surface area contributed by atoms with Crippen LogP contribution in [-0.2, 0) is 11.3 Å². The number of aliphatic hydroxyl groups excluding tert-OH is 1. The molecule has 0 radical (unpaired) electrons. The molecule has 6 nitrogen and oxygen atoms in total. The van der Waals surface area contributed by atoms with E-state index in [9.17, 15) is 5.11 Å². The van der Waals surface area contributed by atoms with Crippen LogP contribution < -0.4 is 10.2 Å². The molecule has 3 heterocycles. The predicted molar refractivity (Wildman–Crippen MR) is 104 cm³/mol. The highest BCUT2D eigenvalue weighted by Gasteiger charge is 2.28. The van der Waals surface area contributed by atoms with E-state index in [0.29, 0.717) is 38.1 Å². The average Bonchev–Trinajstić information content (AvgIpc) is 3.19. The number of β-amino-alcohol motifs (C(OH)–C–C–N with tert-alkyl or cyclic N) is 1. The molecular formula is C19H24N4O2S. The van der Waals surface area contributed by atoms with Gasteiger partial charge in [-0.25, -0.2) is 4.98 Å². The van der Waals surface area contributed by atoms with Gasteiger partial charge in [0.25, 0.3) is 0 Å². The van der Waals surface area contributed by atoms with Crippen LogP contribution in [0.15, 0.2) is 35.2 Å². The zero-order valence-electron chi connectivity index (χ0n) is 14.9. The molecule has 0 spiro atoms. The average molecular weight is 372 g/mol. The Morgan fingerprint density at radius 3 is 2.73 bits per heavy atom. The van der Waals surface area contributed by atoms with E-state index in [1.165, 1.54) is 10.5 Å². The number of thioether (sulfide) groups is 1. The molecule has 2 aromatic rings. The Morgan fingerprint density at radius 2 is 2.08 bits per heavy atom. The smallest absolute Gasteiger partial charge is 0.227 e. The fourth-order valence-electron chi connectivity index (χ4n) is 3.22. The van der Waals surface area contributed by atoms with Gasteiger partial charge >= 0.3 is 0 Å². The van der Waals surface area contributed by atoms with Crippen molar-refractivity contribution < 1.29 is 9.84 Å². The number of anilines is 2. The number of ether oxygens (including phenoxy) is 1. The van der Waals surface area contributed by atoms with E-state index in [4.69, 9.17) is 9.72 Å². The third-order valence-corrected chi connectivity index (χ3v) is 5.60. The summed E-state index contributed by atoms with van der Waals surface area (Å²) in [5.74, 6) is 1.84.